The molecule has 0 saturated heterocycles. The number of hydrogen-bond donors (Lipinski definition) is 0. The molecular formula is C44H25N3S2. The van der Waals surface area contributed by atoms with E-state index in [9.17, 15) is 0 Å². The molecule has 0 N–H and O–H groups in total. The molecule has 0 bridgehead atoms. The summed E-state index contributed by atoms with van der Waals surface area (Å²) in [5, 5.41) is 10.4. The van der Waals surface area contributed by atoms with Gasteiger partial charge in [0.1, 0.15) is 5.82 Å². The van der Waals surface area contributed by atoms with Crippen molar-refractivity contribution in [2.45, 2.75) is 0 Å². The standard InChI is InChI=1S/C44H25N3S2/c1-3-13-26(14-4-1)32-25-37(46-44(45-32)27-15-5-2-6-16-27)47-33-20-10-7-17-28(33)38-31-23-24-36-39(29-18-8-11-21-34(29)48-36)40(31)41-30-19-9-12-22-35(30)49-43(41)42(38)47/h1-25H. The Bertz CT molecular complexity index is 3040. The van der Waals surface area contributed by atoms with Crippen LogP contribution in [0.1, 0.15) is 0 Å². The van der Waals surface area contributed by atoms with Crippen molar-refractivity contribution < 1.29 is 0 Å². The van der Waals surface area contributed by atoms with E-state index in [1.165, 1.54) is 67.4 Å². The van der Waals surface area contributed by atoms with Crippen molar-refractivity contribution in [2.75, 3.05) is 0 Å². The Hall–Kier alpha value is -5.88. The Balaban J connectivity index is 1.38. The highest BCUT2D eigenvalue weighted by atomic mass is 32.1. The largest absolute Gasteiger partial charge is 0.292 e. The van der Waals surface area contributed by atoms with Gasteiger partial charge in [-0.15, -0.1) is 22.7 Å². The van der Waals surface area contributed by atoms with Crippen molar-refractivity contribution in [3.05, 3.63) is 152 Å². The minimum absolute atomic E-state index is 0.711. The van der Waals surface area contributed by atoms with Gasteiger partial charge in [0, 0.05) is 69.0 Å². The maximum atomic E-state index is 5.35. The molecule has 11 aromatic rings. The van der Waals surface area contributed by atoms with E-state index in [2.05, 4.69) is 144 Å². The van der Waals surface area contributed by atoms with Crippen LogP contribution in [0.3, 0.4) is 0 Å². The minimum Gasteiger partial charge on any atom is -0.292 e. The SMILES string of the molecule is c1ccc(-c2cc(-n3c4ccccc4c4c5ccc6sc7ccccc7c6c5c5c6ccccc6sc5c43)nc(-c3ccccc3)n2)cc1. The third-order valence-corrected chi connectivity index (χ3v) is 12.1. The van der Waals surface area contributed by atoms with Gasteiger partial charge >= 0.3 is 0 Å². The second-order valence-corrected chi connectivity index (χ2v) is 14.6. The topological polar surface area (TPSA) is 30.7 Å². The zero-order chi connectivity index (χ0) is 32.1. The van der Waals surface area contributed by atoms with Crippen molar-refractivity contribution in [3.8, 4) is 28.5 Å². The van der Waals surface area contributed by atoms with Gasteiger partial charge in [-0.3, -0.25) is 4.57 Å². The lowest BCUT2D eigenvalue weighted by Gasteiger charge is -2.13. The van der Waals surface area contributed by atoms with Crippen LogP contribution in [0.4, 0.5) is 0 Å². The van der Waals surface area contributed by atoms with Crippen LogP contribution in [-0.2, 0) is 0 Å². The van der Waals surface area contributed by atoms with Gasteiger partial charge in [-0.05, 0) is 29.7 Å². The fourth-order valence-corrected chi connectivity index (χ4v) is 10.1. The fourth-order valence-electron chi connectivity index (χ4n) is 7.73. The van der Waals surface area contributed by atoms with Crippen LogP contribution >= 0.6 is 22.7 Å². The quantitative estimate of drug-likeness (QED) is 0.189. The van der Waals surface area contributed by atoms with Crippen LogP contribution in [0.2, 0.25) is 0 Å². The first-order valence-electron chi connectivity index (χ1n) is 16.4. The van der Waals surface area contributed by atoms with Crippen molar-refractivity contribution >= 4 is 95.6 Å². The molecule has 0 saturated carbocycles. The average Bonchev–Trinajstić information content (AvgIpc) is 3.85. The van der Waals surface area contributed by atoms with Crippen molar-refractivity contribution in [3.63, 3.8) is 0 Å². The van der Waals surface area contributed by atoms with E-state index in [1.807, 2.05) is 34.8 Å². The summed E-state index contributed by atoms with van der Waals surface area (Å²) >= 11 is 3.77. The summed E-state index contributed by atoms with van der Waals surface area (Å²) in [6, 6.07) is 54.2. The van der Waals surface area contributed by atoms with E-state index in [1.54, 1.807) is 0 Å². The van der Waals surface area contributed by atoms with Crippen LogP contribution in [-0.4, -0.2) is 14.5 Å². The van der Waals surface area contributed by atoms with Gasteiger partial charge < -0.3 is 0 Å². The molecule has 7 aromatic carbocycles. The molecular weight excluding hydrogens is 635 g/mol. The number of para-hydroxylation sites is 1. The lowest BCUT2D eigenvalue weighted by Crippen LogP contribution is -2.02. The number of rotatable bonds is 3. The molecule has 0 unspecified atom stereocenters. The van der Waals surface area contributed by atoms with Crippen LogP contribution in [0, 0.1) is 0 Å². The van der Waals surface area contributed by atoms with Crippen LogP contribution in [0.25, 0.3) is 101 Å². The van der Waals surface area contributed by atoms with E-state index in [0.29, 0.717) is 5.82 Å². The lowest BCUT2D eigenvalue weighted by molar-refractivity contribution is 1.05. The first-order valence-corrected chi connectivity index (χ1v) is 18.1. The predicted molar refractivity (Wildman–Crippen MR) is 211 cm³/mol. The Labute approximate surface area is 289 Å². The average molecular weight is 660 g/mol. The van der Waals surface area contributed by atoms with Gasteiger partial charge in [0.25, 0.3) is 0 Å². The van der Waals surface area contributed by atoms with Crippen LogP contribution in [0.5, 0.6) is 0 Å². The summed E-state index contributed by atoms with van der Waals surface area (Å²) in [6.07, 6.45) is 0. The number of benzene rings is 7. The van der Waals surface area contributed by atoms with Crippen molar-refractivity contribution in [1.82, 2.24) is 14.5 Å². The number of fused-ring (bicyclic) bond motifs is 14. The monoisotopic (exact) mass is 659 g/mol. The molecule has 0 amide bonds. The third kappa shape index (κ3) is 3.88. The zero-order valence-electron chi connectivity index (χ0n) is 26.1. The van der Waals surface area contributed by atoms with Crippen molar-refractivity contribution in [1.29, 1.82) is 0 Å². The molecule has 3 nitrogen and oxygen atoms in total. The molecule has 11 rings (SSSR count). The van der Waals surface area contributed by atoms with E-state index in [0.717, 1.165) is 28.2 Å². The second kappa shape index (κ2) is 10.3. The smallest absolute Gasteiger partial charge is 0.162 e. The van der Waals surface area contributed by atoms with E-state index < -0.39 is 0 Å². The van der Waals surface area contributed by atoms with Gasteiger partial charge in [-0.1, -0.05) is 121 Å². The first-order chi connectivity index (χ1) is 24.3. The Morgan fingerprint density at radius 1 is 0.429 bits per heavy atom. The summed E-state index contributed by atoms with van der Waals surface area (Å²) < 4.78 is 7.62. The van der Waals surface area contributed by atoms with Crippen molar-refractivity contribution in [2.24, 2.45) is 0 Å². The Kier molecular flexibility index (Phi) is 5.70. The highest BCUT2D eigenvalue weighted by Crippen LogP contribution is 2.51. The number of thiophene rings is 2. The molecule has 49 heavy (non-hydrogen) atoms. The molecule has 0 aliphatic heterocycles. The van der Waals surface area contributed by atoms with E-state index in [-0.39, 0.29) is 0 Å². The van der Waals surface area contributed by atoms with Gasteiger partial charge in [-0.2, -0.15) is 0 Å². The molecule has 0 aliphatic carbocycles. The maximum Gasteiger partial charge on any atom is 0.162 e. The van der Waals surface area contributed by atoms with Gasteiger partial charge in [0.2, 0.25) is 0 Å². The molecule has 0 aliphatic rings. The molecule has 0 atom stereocenters. The fraction of sp³-hybridized carbons (Fsp3) is 0. The molecule has 0 radical (unpaired) electrons. The Morgan fingerprint density at radius 2 is 1.06 bits per heavy atom. The van der Waals surface area contributed by atoms with Crippen LogP contribution < -0.4 is 0 Å². The second-order valence-electron chi connectivity index (χ2n) is 12.5. The molecule has 4 heterocycles. The van der Waals surface area contributed by atoms with E-state index in [4.69, 9.17) is 9.97 Å². The molecule has 228 valence electrons. The number of aromatic nitrogens is 3. The highest BCUT2D eigenvalue weighted by molar-refractivity contribution is 7.27. The third-order valence-electron chi connectivity index (χ3n) is 9.79. The Morgan fingerprint density at radius 3 is 1.84 bits per heavy atom. The zero-order valence-corrected chi connectivity index (χ0v) is 27.7. The van der Waals surface area contributed by atoms with Gasteiger partial charge in [0.05, 0.1) is 21.4 Å². The molecule has 0 spiro atoms. The molecule has 0 fully saturated rings. The summed E-state index contributed by atoms with van der Waals surface area (Å²) in [4.78, 5) is 10.5. The van der Waals surface area contributed by atoms with Gasteiger partial charge in [0.15, 0.2) is 5.82 Å². The summed E-state index contributed by atoms with van der Waals surface area (Å²) in [7, 11) is 0. The summed E-state index contributed by atoms with van der Waals surface area (Å²) in [5.74, 6) is 1.57. The van der Waals surface area contributed by atoms with Crippen LogP contribution in [0.15, 0.2) is 152 Å². The first kappa shape index (κ1) is 27.1. The summed E-state index contributed by atoms with van der Waals surface area (Å²) in [5.41, 5.74) is 5.28. The van der Waals surface area contributed by atoms with E-state index >= 15 is 0 Å². The molecule has 5 heteroatoms. The minimum atomic E-state index is 0.711. The van der Waals surface area contributed by atoms with Gasteiger partial charge in [-0.25, -0.2) is 9.97 Å². The lowest BCUT2D eigenvalue weighted by atomic mass is 9.95. The maximum absolute atomic E-state index is 5.35. The highest BCUT2D eigenvalue weighted by Gasteiger charge is 2.25. The predicted octanol–water partition coefficient (Wildman–Crippen LogP) is 12.8. The number of hydrogen-bond acceptors (Lipinski definition) is 4. The normalized spacial score (nSPS) is 12.1. The summed E-state index contributed by atoms with van der Waals surface area (Å²) in [6.45, 7) is 0. The molecule has 4 aromatic heterocycles. The number of nitrogens with zero attached hydrogens (tertiary/aromatic N) is 3.